The van der Waals surface area contributed by atoms with Crippen LogP contribution in [0.3, 0.4) is 0 Å². The van der Waals surface area contributed by atoms with E-state index >= 15 is 0 Å². The van der Waals surface area contributed by atoms with Gasteiger partial charge >= 0.3 is 11.8 Å². The molecule has 0 aromatic heterocycles. The molecule has 2 amide bonds. The van der Waals surface area contributed by atoms with Crippen molar-refractivity contribution in [2.75, 3.05) is 26.4 Å². The maximum atomic E-state index is 12.2. The lowest BCUT2D eigenvalue weighted by Crippen LogP contribution is -2.53. The molecule has 148 valence electrons. The summed E-state index contributed by atoms with van der Waals surface area (Å²) in [5.74, 6) is -1.07. The van der Waals surface area contributed by atoms with Crippen LogP contribution in [-0.2, 0) is 25.5 Å². The molecule has 2 aliphatic heterocycles. The molecule has 3 rings (SSSR count). The summed E-state index contributed by atoms with van der Waals surface area (Å²) < 4.78 is 11.4. The number of amides is 2. The lowest BCUT2D eigenvalue weighted by Gasteiger charge is -2.43. The minimum absolute atomic E-state index is 0.00631. The van der Waals surface area contributed by atoms with Crippen LogP contribution >= 0.6 is 0 Å². The number of aryl methyl sites for hydroxylation is 1. The van der Waals surface area contributed by atoms with Crippen molar-refractivity contribution in [1.29, 1.82) is 0 Å². The van der Waals surface area contributed by atoms with E-state index in [2.05, 4.69) is 22.8 Å². The summed E-state index contributed by atoms with van der Waals surface area (Å²) in [5.41, 5.74) is 1.10. The van der Waals surface area contributed by atoms with Crippen LogP contribution in [-0.4, -0.2) is 49.8 Å². The van der Waals surface area contributed by atoms with E-state index in [1.165, 1.54) is 5.56 Å². The molecule has 6 nitrogen and oxygen atoms in total. The predicted molar refractivity (Wildman–Crippen MR) is 102 cm³/mol. The third-order valence-electron chi connectivity index (χ3n) is 5.46. The van der Waals surface area contributed by atoms with Gasteiger partial charge in [0.25, 0.3) is 0 Å². The minimum atomic E-state index is -0.540. The Balaban J connectivity index is 1.33. The SMILES string of the molecule is O=C(NCCCCc1ccccc1)C(=O)NC1CCOC2(CCOCC2)C1. The van der Waals surface area contributed by atoms with Crippen molar-refractivity contribution in [3.63, 3.8) is 0 Å². The third-order valence-corrected chi connectivity index (χ3v) is 5.46. The van der Waals surface area contributed by atoms with E-state index in [1.54, 1.807) is 0 Å². The number of carbonyl (C=O) groups excluding carboxylic acids is 2. The first-order valence-electron chi connectivity index (χ1n) is 10.0. The Labute approximate surface area is 161 Å². The molecule has 0 radical (unpaired) electrons. The Morgan fingerprint density at radius 1 is 1.04 bits per heavy atom. The van der Waals surface area contributed by atoms with Gasteiger partial charge in [-0.3, -0.25) is 9.59 Å². The highest BCUT2D eigenvalue weighted by molar-refractivity contribution is 6.35. The van der Waals surface area contributed by atoms with Gasteiger partial charge in [0.05, 0.1) is 5.60 Å². The monoisotopic (exact) mass is 374 g/mol. The van der Waals surface area contributed by atoms with Gasteiger partial charge in [0.15, 0.2) is 0 Å². The van der Waals surface area contributed by atoms with Gasteiger partial charge in [0.2, 0.25) is 0 Å². The number of unbranched alkanes of at least 4 members (excludes halogenated alkanes) is 1. The molecule has 2 saturated heterocycles. The van der Waals surface area contributed by atoms with Gasteiger partial charge in [-0.25, -0.2) is 0 Å². The first kappa shape index (κ1) is 19.8. The van der Waals surface area contributed by atoms with E-state index in [0.29, 0.717) is 26.4 Å². The molecule has 2 fully saturated rings. The molecule has 1 atom stereocenters. The summed E-state index contributed by atoms with van der Waals surface area (Å²) in [6.07, 6.45) is 6.03. The molecule has 1 aromatic rings. The molecule has 2 N–H and O–H groups in total. The maximum Gasteiger partial charge on any atom is 0.309 e. The average molecular weight is 374 g/mol. The van der Waals surface area contributed by atoms with Crippen LogP contribution in [0.5, 0.6) is 0 Å². The van der Waals surface area contributed by atoms with Gasteiger partial charge in [0.1, 0.15) is 0 Å². The number of rotatable bonds is 6. The first-order valence-corrected chi connectivity index (χ1v) is 10.0. The summed E-state index contributed by atoms with van der Waals surface area (Å²) in [6, 6.07) is 10.3. The molecule has 1 unspecified atom stereocenters. The number of hydrogen-bond acceptors (Lipinski definition) is 4. The Morgan fingerprint density at radius 2 is 1.81 bits per heavy atom. The molecule has 0 bridgehead atoms. The third kappa shape index (κ3) is 6.04. The summed E-state index contributed by atoms with van der Waals surface area (Å²) in [5, 5.41) is 5.61. The van der Waals surface area contributed by atoms with Crippen molar-refractivity contribution in [3.05, 3.63) is 35.9 Å². The molecule has 0 saturated carbocycles. The van der Waals surface area contributed by atoms with Crippen LogP contribution in [0.25, 0.3) is 0 Å². The topological polar surface area (TPSA) is 76.7 Å². The van der Waals surface area contributed by atoms with Gasteiger partial charge in [0, 0.05) is 32.4 Å². The highest BCUT2D eigenvalue weighted by atomic mass is 16.5. The summed E-state index contributed by atoms with van der Waals surface area (Å²) in [7, 11) is 0. The Kier molecular flexibility index (Phi) is 7.24. The summed E-state index contributed by atoms with van der Waals surface area (Å²) in [4.78, 5) is 24.2. The van der Waals surface area contributed by atoms with Crippen LogP contribution in [0.15, 0.2) is 30.3 Å². The fourth-order valence-corrected chi connectivity index (χ4v) is 3.87. The smallest absolute Gasteiger partial charge is 0.309 e. The van der Waals surface area contributed by atoms with Crippen LogP contribution in [0.4, 0.5) is 0 Å². The number of benzene rings is 1. The van der Waals surface area contributed by atoms with Crippen molar-refractivity contribution in [3.8, 4) is 0 Å². The van der Waals surface area contributed by atoms with Crippen molar-refractivity contribution in [2.24, 2.45) is 0 Å². The molecular formula is C21H30N2O4. The van der Waals surface area contributed by atoms with Crippen LogP contribution in [0, 0.1) is 0 Å². The van der Waals surface area contributed by atoms with Crippen LogP contribution < -0.4 is 10.6 Å². The normalized spacial score (nSPS) is 21.6. The highest BCUT2D eigenvalue weighted by Crippen LogP contribution is 2.34. The van der Waals surface area contributed by atoms with E-state index < -0.39 is 11.8 Å². The van der Waals surface area contributed by atoms with Gasteiger partial charge in [-0.15, -0.1) is 0 Å². The first-order chi connectivity index (χ1) is 13.2. The second-order valence-electron chi connectivity index (χ2n) is 7.51. The zero-order chi connectivity index (χ0) is 19.0. The molecule has 6 heteroatoms. The van der Waals surface area contributed by atoms with E-state index in [4.69, 9.17) is 9.47 Å². The lowest BCUT2D eigenvalue weighted by atomic mass is 9.84. The number of carbonyl (C=O) groups is 2. The number of ether oxygens (including phenoxy) is 2. The molecule has 0 aliphatic carbocycles. The fraction of sp³-hybridized carbons (Fsp3) is 0.619. The van der Waals surface area contributed by atoms with Crippen molar-refractivity contribution < 1.29 is 19.1 Å². The van der Waals surface area contributed by atoms with Crippen molar-refractivity contribution in [2.45, 2.75) is 56.6 Å². The molecule has 1 aromatic carbocycles. The lowest BCUT2D eigenvalue weighted by molar-refractivity contribution is -0.148. The second-order valence-corrected chi connectivity index (χ2v) is 7.51. The molecular weight excluding hydrogens is 344 g/mol. The van der Waals surface area contributed by atoms with Gasteiger partial charge in [-0.2, -0.15) is 0 Å². The van der Waals surface area contributed by atoms with Gasteiger partial charge in [-0.05, 0) is 50.5 Å². The standard InChI is InChI=1S/C21H30N2O4/c24-19(22-12-5-4-8-17-6-2-1-3-7-17)20(25)23-18-9-13-27-21(16-18)10-14-26-15-11-21/h1-3,6-7,18H,4-5,8-16H2,(H,22,24)(H,23,25). The second kappa shape index (κ2) is 9.85. The zero-order valence-corrected chi connectivity index (χ0v) is 15.9. The minimum Gasteiger partial charge on any atom is -0.381 e. The number of hydrogen-bond donors (Lipinski definition) is 2. The summed E-state index contributed by atoms with van der Waals surface area (Å²) >= 11 is 0. The largest absolute Gasteiger partial charge is 0.381 e. The van der Waals surface area contributed by atoms with Crippen molar-refractivity contribution in [1.82, 2.24) is 10.6 Å². The number of nitrogens with one attached hydrogen (secondary N) is 2. The van der Waals surface area contributed by atoms with Gasteiger partial charge < -0.3 is 20.1 Å². The van der Waals surface area contributed by atoms with E-state index in [9.17, 15) is 9.59 Å². The van der Waals surface area contributed by atoms with E-state index in [1.807, 2.05) is 18.2 Å². The molecule has 1 spiro atoms. The van der Waals surface area contributed by atoms with E-state index in [0.717, 1.165) is 44.9 Å². The average Bonchev–Trinajstić information content (AvgIpc) is 2.69. The van der Waals surface area contributed by atoms with Crippen LogP contribution in [0.2, 0.25) is 0 Å². The summed E-state index contributed by atoms with van der Waals surface area (Å²) in [6.45, 7) is 2.54. The van der Waals surface area contributed by atoms with E-state index in [-0.39, 0.29) is 11.6 Å². The molecule has 2 aliphatic rings. The molecule has 2 heterocycles. The Bertz CT molecular complexity index is 608. The zero-order valence-electron chi connectivity index (χ0n) is 15.9. The van der Waals surface area contributed by atoms with Crippen molar-refractivity contribution >= 4 is 11.8 Å². The van der Waals surface area contributed by atoms with Gasteiger partial charge in [-0.1, -0.05) is 30.3 Å². The fourth-order valence-electron chi connectivity index (χ4n) is 3.87. The molecule has 27 heavy (non-hydrogen) atoms. The quantitative estimate of drug-likeness (QED) is 0.590. The Morgan fingerprint density at radius 3 is 2.59 bits per heavy atom. The highest BCUT2D eigenvalue weighted by Gasteiger charge is 2.39. The van der Waals surface area contributed by atoms with Crippen LogP contribution in [0.1, 0.15) is 44.1 Å². The predicted octanol–water partition coefficient (Wildman–Crippen LogP) is 1.97. The maximum absolute atomic E-state index is 12.2. The Hall–Kier alpha value is -1.92.